The van der Waals surface area contributed by atoms with Gasteiger partial charge in [0.05, 0.1) is 6.54 Å². The highest BCUT2D eigenvalue weighted by atomic mass is 16.2. The number of piperazine rings is 1. The van der Waals surface area contributed by atoms with E-state index in [0.29, 0.717) is 19.6 Å². The summed E-state index contributed by atoms with van der Waals surface area (Å²) >= 11 is 0. The molecule has 8 nitrogen and oxygen atoms in total. The quantitative estimate of drug-likeness (QED) is 0.798. The maximum absolute atomic E-state index is 12.5. The molecular weight excluding hydrogens is 320 g/mol. The Hall–Kier alpha value is -2.22. The van der Waals surface area contributed by atoms with E-state index in [-0.39, 0.29) is 17.7 Å². The van der Waals surface area contributed by atoms with Crippen LogP contribution >= 0.6 is 0 Å². The van der Waals surface area contributed by atoms with Crippen molar-refractivity contribution in [2.75, 3.05) is 57.8 Å². The molecule has 1 aromatic heterocycles. The van der Waals surface area contributed by atoms with E-state index in [2.05, 4.69) is 25.1 Å². The van der Waals surface area contributed by atoms with Crippen molar-refractivity contribution in [1.82, 2.24) is 25.1 Å². The van der Waals surface area contributed by atoms with Crippen LogP contribution in [0.2, 0.25) is 0 Å². The summed E-state index contributed by atoms with van der Waals surface area (Å²) in [5.41, 5.74) is 0. The summed E-state index contributed by atoms with van der Waals surface area (Å²) < 4.78 is 0. The first-order valence-electron chi connectivity index (χ1n) is 8.91. The van der Waals surface area contributed by atoms with Gasteiger partial charge in [-0.25, -0.2) is 9.97 Å². The largest absolute Gasteiger partial charge is 0.359 e. The third-order valence-corrected chi connectivity index (χ3v) is 5.03. The Morgan fingerprint density at radius 2 is 1.72 bits per heavy atom. The molecule has 1 aromatic rings. The molecule has 8 heteroatoms. The Balaban J connectivity index is 1.42. The number of carbonyl (C=O) groups excluding carboxylic acids is 2. The highest BCUT2D eigenvalue weighted by molar-refractivity contribution is 5.79. The highest BCUT2D eigenvalue weighted by Gasteiger charge is 2.28. The maximum atomic E-state index is 12.5. The summed E-state index contributed by atoms with van der Waals surface area (Å²) in [4.78, 5) is 38.9. The molecule has 2 aliphatic heterocycles. The third-order valence-electron chi connectivity index (χ3n) is 5.03. The van der Waals surface area contributed by atoms with E-state index in [1.165, 1.54) is 0 Å². The molecular formula is C17H26N6O2. The molecule has 0 spiro atoms. The second kappa shape index (κ2) is 8.24. The number of amides is 2. The lowest BCUT2D eigenvalue weighted by molar-refractivity contribution is -0.133. The van der Waals surface area contributed by atoms with Crippen LogP contribution in [-0.4, -0.2) is 84.4 Å². The van der Waals surface area contributed by atoms with Gasteiger partial charge in [-0.05, 0) is 32.0 Å². The van der Waals surface area contributed by atoms with Crippen LogP contribution in [0.5, 0.6) is 0 Å². The van der Waals surface area contributed by atoms with Gasteiger partial charge < -0.3 is 15.1 Å². The Morgan fingerprint density at radius 3 is 2.32 bits per heavy atom. The summed E-state index contributed by atoms with van der Waals surface area (Å²) in [5, 5.41) is 2.71. The fourth-order valence-electron chi connectivity index (χ4n) is 3.46. The van der Waals surface area contributed by atoms with Crippen LogP contribution < -0.4 is 10.2 Å². The van der Waals surface area contributed by atoms with E-state index in [4.69, 9.17) is 0 Å². The number of anilines is 1. The van der Waals surface area contributed by atoms with E-state index in [1.807, 2.05) is 4.90 Å². The summed E-state index contributed by atoms with van der Waals surface area (Å²) in [6.07, 6.45) is 5.13. The number of hydrogen-bond acceptors (Lipinski definition) is 6. The maximum Gasteiger partial charge on any atom is 0.236 e. The summed E-state index contributed by atoms with van der Waals surface area (Å²) in [7, 11) is 1.68. The molecule has 2 amide bonds. The lowest BCUT2D eigenvalue weighted by Crippen LogP contribution is -2.52. The lowest BCUT2D eigenvalue weighted by atomic mass is 9.96. The van der Waals surface area contributed by atoms with Crippen molar-refractivity contribution in [2.24, 2.45) is 5.92 Å². The highest BCUT2D eigenvalue weighted by Crippen LogP contribution is 2.17. The normalized spacial score (nSPS) is 19.7. The number of aromatic nitrogens is 2. The molecule has 0 atom stereocenters. The van der Waals surface area contributed by atoms with Crippen LogP contribution in [0.4, 0.5) is 5.95 Å². The average Bonchev–Trinajstić information content (AvgIpc) is 2.68. The van der Waals surface area contributed by atoms with Gasteiger partial charge in [0.1, 0.15) is 0 Å². The van der Waals surface area contributed by atoms with Crippen LogP contribution in [0.1, 0.15) is 12.8 Å². The van der Waals surface area contributed by atoms with Crippen molar-refractivity contribution in [3.05, 3.63) is 18.5 Å². The van der Waals surface area contributed by atoms with E-state index < -0.39 is 0 Å². The van der Waals surface area contributed by atoms with Crippen LogP contribution in [0.15, 0.2) is 18.5 Å². The molecule has 0 aliphatic carbocycles. The number of nitrogens with one attached hydrogen (secondary N) is 1. The second-order valence-electron chi connectivity index (χ2n) is 6.58. The number of piperidine rings is 1. The third kappa shape index (κ3) is 4.45. The summed E-state index contributed by atoms with van der Waals surface area (Å²) in [6.45, 7) is 4.98. The topological polar surface area (TPSA) is 81.7 Å². The van der Waals surface area contributed by atoms with Crippen LogP contribution in [0.3, 0.4) is 0 Å². The van der Waals surface area contributed by atoms with E-state index in [0.717, 1.165) is 45.0 Å². The minimum Gasteiger partial charge on any atom is -0.359 e. The van der Waals surface area contributed by atoms with Gasteiger partial charge in [-0.3, -0.25) is 14.5 Å². The van der Waals surface area contributed by atoms with Gasteiger partial charge in [0.25, 0.3) is 0 Å². The molecule has 1 N–H and O–H groups in total. The lowest BCUT2D eigenvalue weighted by Gasteiger charge is -2.37. The van der Waals surface area contributed by atoms with Crippen molar-refractivity contribution >= 4 is 17.8 Å². The van der Waals surface area contributed by atoms with Crippen molar-refractivity contribution in [3.63, 3.8) is 0 Å². The standard InChI is InChI=1S/C17H26N6O2/c1-18-16(25)14-3-7-21(8-4-14)13-15(24)22-9-11-23(12-10-22)17-19-5-2-6-20-17/h2,5-6,14H,3-4,7-13H2,1H3,(H,18,25). The minimum atomic E-state index is 0.0887. The Kier molecular flexibility index (Phi) is 5.80. The fraction of sp³-hybridized carbons (Fsp3) is 0.647. The number of likely N-dealkylation sites (tertiary alicyclic amines) is 1. The van der Waals surface area contributed by atoms with Crippen LogP contribution in [0, 0.1) is 5.92 Å². The van der Waals surface area contributed by atoms with Gasteiger partial charge in [0.2, 0.25) is 17.8 Å². The van der Waals surface area contributed by atoms with Crippen molar-refractivity contribution in [3.8, 4) is 0 Å². The van der Waals surface area contributed by atoms with Gasteiger partial charge >= 0.3 is 0 Å². The van der Waals surface area contributed by atoms with Crippen LogP contribution in [-0.2, 0) is 9.59 Å². The van der Waals surface area contributed by atoms with E-state index >= 15 is 0 Å². The first-order valence-corrected chi connectivity index (χ1v) is 8.91. The summed E-state index contributed by atoms with van der Waals surface area (Å²) in [5.74, 6) is 1.11. The molecule has 3 rings (SSSR count). The molecule has 0 unspecified atom stereocenters. The van der Waals surface area contributed by atoms with Gasteiger partial charge in [-0.1, -0.05) is 0 Å². The molecule has 2 fully saturated rings. The monoisotopic (exact) mass is 346 g/mol. The molecule has 0 radical (unpaired) electrons. The minimum absolute atomic E-state index is 0.0887. The van der Waals surface area contributed by atoms with Gasteiger partial charge in [0, 0.05) is 51.5 Å². The average molecular weight is 346 g/mol. The first-order chi connectivity index (χ1) is 12.2. The fourth-order valence-corrected chi connectivity index (χ4v) is 3.46. The van der Waals surface area contributed by atoms with Gasteiger partial charge in [-0.2, -0.15) is 0 Å². The molecule has 2 aliphatic rings. The smallest absolute Gasteiger partial charge is 0.236 e. The zero-order valence-corrected chi connectivity index (χ0v) is 14.7. The van der Waals surface area contributed by atoms with Crippen LogP contribution in [0.25, 0.3) is 0 Å². The predicted octanol–water partition coefficient (Wildman–Crippen LogP) is -0.417. The van der Waals surface area contributed by atoms with E-state index in [9.17, 15) is 9.59 Å². The molecule has 2 saturated heterocycles. The predicted molar refractivity (Wildman–Crippen MR) is 94.1 cm³/mol. The first kappa shape index (κ1) is 17.6. The molecule has 3 heterocycles. The van der Waals surface area contributed by atoms with E-state index in [1.54, 1.807) is 25.5 Å². The SMILES string of the molecule is CNC(=O)C1CCN(CC(=O)N2CCN(c3ncccn3)CC2)CC1. The van der Waals surface area contributed by atoms with Crippen molar-refractivity contribution < 1.29 is 9.59 Å². The van der Waals surface area contributed by atoms with Crippen molar-refractivity contribution in [1.29, 1.82) is 0 Å². The number of nitrogens with zero attached hydrogens (tertiary/aromatic N) is 5. The Morgan fingerprint density at radius 1 is 1.08 bits per heavy atom. The molecule has 0 aromatic carbocycles. The van der Waals surface area contributed by atoms with Crippen molar-refractivity contribution in [2.45, 2.75) is 12.8 Å². The number of rotatable bonds is 4. The molecule has 136 valence electrons. The molecule has 25 heavy (non-hydrogen) atoms. The molecule has 0 saturated carbocycles. The van der Waals surface area contributed by atoms with Gasteiger partial charge in [0.15, 0.2) is 0 Å². The zero-order chi connectivity index (χ0) is 17.6. The number of carbonyl (C=O) groups is 2. The molecule has 0 bridgehead atoms. The zero-order valence-electron chi connectivity index (χ0n) is 14.7. The van der Waals surface area contributed by atoms with Gasteiger partial charge in [-0.15, -0.1) is 0 Å². The Labute approximate surface area is 148 Å². The second-order valence-corrected chi connectivity index (χ2v) is 6.58. The summed E-state index contributed by atoms with van der Waals surface area (Å²) in [6, 6.07) is 1.80. The Bertz CT molecular complexity index is 580. The number of hydrogen-bond donors (Lipinski definition) is 1.